The van der Waals surface area contributed by atoms with Crippen LogP contribution in [0.4, 0.5) is 5.69 Å². The second-order valence-corrected chi connectivity index (χ2v) is 8.62. The van der Waals surface area contributed by atoms with Crippen LogP contribution in [0.25, 0.3) is 0 Å². The fourth-order valence-electron chi connectivity index (χ4n) is 1.33. The monoisotopic (exact) mass is 336 g/mol. The molecule has 0 aliphatic rings. The van der Waals surface area contributed by atoms with Gasteiger partial charge in [-0.25, -0.2) is 16.8 Å². The molecule has 0 amide bonds. The van der Waals surface area contributed by atoms with Crippen LogP contribution < -0.4 is 10.5 Å². The Labute approximate surface area is 123 Å². The van der Waals surface area contributed by atoms with Crippen molar-refractivity contribution in [2.24, 2.45) is 5.73 Å². The lowest BCUT2D eigenvalue weighted by molar-refractivity contribution is 0.595. The summed E-state index contributed by atoms with van der Waals surface area (Å²) in [6, 6.07) is 4.40. The van der Waals surface area contributed by atoms with E-state index in [0.29, 0.717) is 10.6 Å². The summed E-state index contributed by atoms with van der Waals surface area (Å²) in [5.74, 6) is 5.26. The van der Waals surface area contributed by atoms with Crippen molar-refractivity contribution in [3.8, 4) is 11.8 Å². The number of hydrogen-bond donors (Lipinski definition) is 2. The lowest BCUT2D eigenvalue weighted by atomic mass is 10.2. The SMILES string of the molecule is CS(=O)(=O)CS(=O)(=O)Nc1cc(Cl)ccc1C#CCN. The molecular weight excluding hydrogens is 324 g/mol. The van der Waals surface area contributed by atoms with Crippen molar-refractivity contribution in [1.29, 1.82) is 0 Å². The van der Waals surface area contributed by atoms with E-state index in [2.05, 4.69) is 16.6 Å². The molecular formula is C11H13ClN2O4S2. The first-order valence-electron chi connectivity index (χ1n) is 5.30. The Bertz CT molecular complexity index is 761. The normalized spacial score (nSPS) is 11.6. The zero-order valence-electron chi connectivity index (χ0n) is 10.6. The molecule has 0 bridgehead atoms. The number of sulfonamides is 1. The average Bonchev–Trinajstić information content (AvgIpc) is 2.24. The molecule has 0 fully saturated rings. The Balaban J connectivity index is 3.17. The maximum atomic E-state index is 11.7. The van der Waals surface area contributed by atoms with E-state index in [4.69, 9.17) is 17.3 Å². The Hall–Kier alpha value is -1.27. The summed E-state index contributed by atoms with van der Waals surface area (Å²) in [6.45, 7) is 0.109. The summed E-state index contributed by atoms with van der Waals surface area (Å²) in [6.07, 6.45) is 0.833. The Morgan fingerprint density at radius 2 is 1.95 bits per heavy atom. The maximum absolute atomic E-state index is 11.7. The Morgan fingerprint density at radius 1 is 1.30 bits per heavy atom. The highest BCUT2D eigenvalue weighted by atomic mass is 35.5. The molecule has 110 valence electrons. The van der Waals surface area contributed by atoms with E-state index in [1.807, 2.05) is 0 Å². The van der Waals surface area contributed by atoms with Gasteiger partial charge in [0.2, 0.25) is 10.0 Å². The van der Waals surface area contributed by atoms with E-state index in [1.165, 1.54) is 18.2 Å². The van der Waals surface area contributed by atoms with Crippen LogP contribution in [0, 0.1) is 11.8 Å². The molecule has 20 heavy (non-hydrogen) atoms. The van der Waals surface area contributed by atoms with E-state index in [0.717, 1.165) is 6.26 Å². The quantitative estimate of drug-likeness (QED) is 0.774. The molecule has 0 radical (unpaired) electrons. The van der Waals surface area contributed by atoms with Crippen molar-refractivity contribution in [3.05, 3.63) is 28.8 Å². The molecule has 1 aromatic rings. The van der Waals surface area contributed by atoms with E-state index in [1.54, 1.807) is 0 Å². The molecule has 0 atom stereocenters. The first-order valence-corrected chi connectivity index (χ1v) is 9.39. The summed E-state index contributed by atoms with van der Waals surface area (Å²) in [5, 5.41) is -0.726. The minimum Gasteiger partial charge on any atom is -0.320 e. The number of benzene rings is 1. The van der Waals surface area contributed by atoms with Crippen LogP contribution in [-0.2, 0) is 19.9 Å². The van der Waals surface area contributed by atoms with Crippen molar-refractivity contribution in [2.45, 2.75) is 0 Å². The number of rotatable bonds is 4. The van der Waals surface area contributed by atoms with Crippen LogP contribution >= 0.6 is 11.6 Å². The van der Waals surface area contributed by atoms with Crippen molar-refractivity contribution >= 4 is 37.1 Å². The third-order valence-corrected chi connectivity index (χ3v) is 5.66. The van der Waals surface area contributed by atoms with Gasteiger partial charge in [0.05, 0.1) is 12.2 Å². The number of nitrogens with one attached hydrogen (secondary N) is 1. The first kappa shape index (κ1) is 16.8. The van der Waals surface area contributed by atoms with Crippen LogP contribution in [0.5, 0.6) is 0 Å². The molecule has 9 heteroatoms. The molecule has 0 saturated heterocycles. The summed E-state index contributed by atoms with van der Waals surface area (Å²) in [5.41, 5.74) is 5.72. The van der Waals surface area contributed by atoms with Crippen molar-refractivity contribution in [3.63, 3.8) is 0 Å². The third-order valence-electron chi connectivity index (χ3n) is 1.94. The number of hydrogen-bond acceptors (Lipinski definition) is 5. The van der Waals surface area contributed by atoms with E-state index in [9.17, 15) is 16.8 Å². The molecule has 0 unspecified atom stereocenters. The maximum Gasteiger partial charge on any atom is 0.247 e. The van der Waals surface area contributed by atoms with Gasteiger partial charge in [0.1, 0.15) is 0 Å². The predicted molar refractivity (Wildman–Crippen MR) is 79.6 cm³/mol. The molecule has 3 N–H and O–H groups in total. The molecule has 0 aliphatic heterocycles. The number of halogens is 1. The zero-order valence-corrected chi connectivity index (χ0v) is 12.9. The lowest BCUT2D eigenvalue weighted by Gasteiger charge is -2.09. The van der Waals surface area contributed by atoms with Crippen LogP contribution in [0.3, 0.4) is 0 Å². The topological polar surface area (TPSA) is 106 Å². The summed E-state index contributed by atoms with van der Waals surface area (Å²) < 4.78 is 47.8. The number of nitrogens with two attached hydrogens (primary N) is 1. The highest BCUT2D eigenvalue weighted by Gasteiger charge is 2.19. The molecule has 0 saturated carbocycles. The highest BCUT2D eigenvalue weighted by molar-refractivity contribution is 8.08. The minimum absolute atomic E-state index is 0.109. The molecule has 0 aliphatic carbocycles. The molecule has 0 heterocycles. The standard InChI is InChI=1S/C11H13ClN2O4S2/c1-19(15,16)8-20(17,18)14-11-7-10(12)5-4-9(11)3-2-6-13/h4-5,7,14H,6,8,13H2,1H3. The highest BCUT2D eigenvalue weighted by Crippen LogP contribution is 2.21. The van der Waals surface area contributed by atoms with Crippen molar-refractivity contribution in [2.75, 3.05) is 22.6 Å². The van der Waals surface area contributed by atoms with Gasteiger partial charge in [-0.2, -0.15) is 0 Å². The van der Waals surface area contributed by atoms with Crippen LogP contribution in [0.15, 0.2) is 18.2 Å². The Morgan fingerprint density at radius 3 is 2.50 bits per heavy atom. The van der Waals surface area contributed by atoms with Crippen molar-refractivity contribution in [1.82, 2.24) is 0 Å². The van der Waals surface area contributed by atoms with Gasteiger partial charge in [-0.3, -0.25) is 4.72 Å². The molecule has 6 nitrogen and oxygen atoms in total. The van der Waals surface area contributed by atoms with Gasteiger partial charge in [0, 0.05) is 16.8 Å². The fraction of sp³-hybridized carbons (Fsp3) is 0.273. The first-order chi connectivity index (χ1) is 9.13. The van der Waals surface area contributed by atoms with Gasteiger partial charge in [-0.15, -0.1) is 0 Å². The number of sulfone groups is 1. The molecule has 0 spiro atoms. The smallest absolute Gasteiger partial charge is 0.247 e. The van der Waals surface area contributed by atoms with Crippen LogP contribution in [-0.4, -0.2) is 34.7 Å². The summed E-state index contributed by atoms with van der Waals surface area (Å²) >= 11 is 5.79. The fourth-order valence-corrected chi connectivity index (χ4v) is 4.50. The Kier molecular flexibility index (Phi) is 5.42. The van der Waals surface area contributed by atoms with Gasteiger partial charge in [-0.1, -0.05) is 23.4 Å². The van der Waals surface area contributed by atoms with E-state index < -0.39 is 24.9 Å². The van der Waals surface area contributed by atoms with Crippen LogP contribution in [0.2, 0.25) is 5.02 Å². The molecule has 1 rings (SSSR count). The zero-order chi connectivity index (χ0) is 15.4. The van der Waals surface area contributed by atoms with Gasteiger partial charge < -0.3 is 5.73 Å². The molecule has 1 aromatic carbocycles. The van der Waals surface area contributed by atoms with Crippen LogP contribution in [0.1, 0.15) is 5.56 Å². The van der Waals surface area contributed by atoms with Gasteiger partial charge in [-0.05, 0) is 18.2 Å². The minimum atomic E-state index is -4.05. The second kappa shape index (κ2) is 6.45. The van der Waals surface area contributed by atoms with Gasteiger partial charge in [0.25, 0.3) is 0 Å². The van der Waals surface area contributed by atoms with Gasteiger partial charge >= 0.3 is 0 Å². The van der Waals surface area contributed by atoms with E-state index >= 15 is 0 Å². The average molecular weight is 337 g/mol. The molecule has 0 aromatic heterocycles. The third kappa shape index (κ3) is 5.79. The number of anilines is 1. The summed E-state index contributed by atoms with van der Waals surface area (Å²) in [4.78, 5) is 0. The lowest BCUT2D eigenvalue weighted by Crippen LogP contribution is -2.22. The second-order valence-electron chi connectivity index (χ2n) is 3.96. The van der Waals surface area contributed by atoms with Crippen molar-refractivity contribution < 1.29 is 16.8 Å². The largest absolute Gasteiger partial charge is 0.320 e. The van der Waals surface area contributed by atoms with E-state index in [-0.39, 0.29) is 12.2 Å². The summed E-state index contributed by atoms with van der Waals surface area (Å²) in [7, 11) is -7.73. The predicted octanol–water partition coefficient (Wildman–Crippen LogP) is 0.394. The van der Waals surface area contributed by atoms with Gasteiger partial charge in [0.15, 0.2) is 14.9 Å².